The largest absolute Gasteiger partial charge is 0.300 e. The van der Waals surface area contributed by atoms with Crippen LogP contribution in [0.5, 0.6) is 0 Å². The molecular weight excluding hydrogens is 421 g/mol. The van der Waals surface area contributed by atoms with Crippen LogP contribution in [-0.2, 0) is 14.4 Å². The number of hydrogen-bond donors (Lipinski definition) is 1. The maximum Gasteiger partial charge on any atom is 0.246 e. The Morgan fingerprint density at radius 3 is 2.50 bits per heavy atom. The smallest absolute Gasteiger partial charge is 0.246 e. The second-order valence-electron chi connectivity index (χ2n) is 6.63. The predicted molar refractivity (Wildman–Crippen MR) is 108 cm³/mol. The number of nitrogens with one attached hydrogen (secondary N) is 1. The van der Waals surface area contributed by atoms with Gasteiger partial charge in [0.1, 0.15) is 6.54 Å². The van der Waals surface area contributed by atoms with Crippen molar-refractivity contribution < 1.29 is 14.4 Å². The van der Waals surface area contributed by atoms with Crippen molar-refractivity contribution in [3.63, 3.8) is 0 Å². The Balaban J connectivity index is 1.43. The molecule has 1 aromatic carbocycles. The number of carbonyl (C=O) groups excluding carboxylic acids is 3. The van der Waals surface area contributed by atoms with Crippen LogP contribution in [0.1, 0.15) is 12.8 Å². The van der Waals surface area contributed by atoms with Gasteiger partial charge in [0.25, 0.3) is 0 Å². The molecule has 28 heavy (non-hydrogen) atoms. The second-order valence-corrected chi connectivity index (χ2v) is 8.33. The topological polar surface area (TPSA) is 79.4 Å². The van der Waals surface area contributed by atoms with E-state index in [-0.39, 0.29) is 30.2 Å². The van der Waals surface area contributed by atoms with E-state index in [1.807, 2.05) is 12.2 Å². The number of aromatic nitrogens is 1. The van der Waals surface area contributed by atoms with Crippen molar-refractivity contribution in [2.45, 2.75) is 12.8 Å². The number of imide groups is 1. The molecule has 0 radical (unpaired) electrons. The van der Waals surface area contributed by atoms with Crippen LogP contribution in [0, 0.1) is 11.8 Å². The van der Waals surface area contributed by atoms with Crippen molar-refractivity contribution in [3.05, 3.63) is 45.8 Å². The number of thiazole rings is 1. The maximum absolute atomic E-state index is 12.4. The number of fused-ring (bicyclic) bond motifs is 1. The molecular formula is C19H15Cl2N3O3S. The summed E-state index contributed by atoms with van der Waals surface area (Å²) >= 11 is 13.3. The van der Waals surface area contributed by atoms with E-state index >= 15 is 0 Å². The van der Waals surface area contributed by atoms with Gasteiger partial charge in [-0.2, -0.15) is 0 Å². The quantitative estimate of drug-likeness (QED) is 0.581. The van der Waals surface area contributed by atoms with Gasteiger partial charge in [-0.05, 0) is 31.0 Å². The molecule has 1 aromatic heterocycles. The normalized spacial score (nSPS) is 21.1. The van der Waals surface area contributed by atoms with Gasteiger partial charge in [0.15, 0.2) is 5.13 Å². The highest BCUT2D eigenvalue weighted by atomic mass is 35.5. The first-order chi connectivity index (χ1) is 13.4. The summed E-state index contributed by atoms with van der Waals surface area (Å²) < 4.78 is 0. The molecule has 2 heterocycles. The van der Waals surface area contributed by atoms with Crippen molar-refractivity contribution in [3.8, 4) is 11.3 Å². The van der Waals surface area contributed by atoms with Gasteiger partial charge in [-0.15, -0.1) is 11.3 Å². The third kappa shape index (κ3) is 3.57. The minimum Gasteiger partial charge on any atom is -0.300 e. The van der Waals surface area contributed by atoms with Gasteiger partial charge in [-0.1, -0.05) is 35.4 Å². The van der Waals surface area contributed by atoms with E-state index in [0.717, 1.165) is 4.90 Å². The summed E-state index contributed by atoms with van der Waals surface area (Å²) in [7, 11) is 0. The lowest BCUT2D eigenvalue weighted by Gasteiger charge is -2.14. The van der Waals surface area contributed by atoms with Crippen molar-refractivity contribution in [2.75, 3.05) is 11.9 Å². The molecule has 0 saturated carbocycles. The highest BCUT2D eigenvalue weighted by Gasteiger charge is 2.47. The van der Waals surface area contributed by atoms with Gasteiger partial charge in [0, 0.05) is 16.0 Å². The molecule has 9 heteroatoms. The molecule has 2 aliphatic rings. The van der Waals surface area contributed by atoms with Gasteiger partial charge in [-0.25, -0.2) is 4.98 Å². The van der Waals surface area contributed by atoms with E-state index in [2.05, 4.69) is 10.3 Å². The zero-order chi connectivity index (χ0) is 19.8. The van der Waals surface area contributed by atoms with E-state index in [4.69, 9.17) is 23.2 Å². The van der Waals surface area contributed by atoms with Crippen LogP contribution < -0.4 is 5.32 Å². The number of anilines is 1. The van der Waals surface area contributed by atoms with Crippen LogP contribution in [0.2, 0.25) is 10.0 Å². The molecule has 0 bridgehead atoms. The van der Waals surface area contributed by atoms with Gasteiger partial charge < -0.3 is 5.32 Å². The molecule has 0 spiro atoms. The summed E-state index contributed by atoms with van der Waals surface area (Å²) in [5, 5.41) is 5.76. The zero-order valence-electron chi connectivity index (χ0n) is 14.5. The van der Waals surface area contributed by atoms with Crippen molar-refractivity contribution in [1.82, 2.24) is 9.88 Å². The lowest BCUT2D eigenvalue weighted by atomic mass is 9.85. The molecule has 1 aliphatic carbocycles. The van der Waals surface area contributed by atoms with Gasteiger partial charge in [0.2, 0.25) is 17.7 Å². The first-order valence-corrected chi connectivity index (χ1v) is 10.3. The summed E-state index contributed by atoms with van der Waals surface area (Å²) in [5.74, 6) is -1.70. The van der Waals surface area contributed by atoms with Crippen LogP contribution in [0.25, 0.3) is 11.3 Å². The van der Waals surface area contributed by atoms with Crippen LogP contribution in [0.15, 0.2) is 35.7 Å². The van der Waals surface area contributed by atoms with Crippen molar-refractivity contribution in [2.24, 2.45) is 11.8 Å². The molecule has 1 fully saturated rings. The molecule has 6 nitrogen and oxygen atoms in total. The number of amides is 3. The van der Waals surface area contributed by atoms with E-state index in [1.54, 1.807) is 23.6 Å². The van der Waals surface area contributed by atoms with E-state index in [1.165, 1.54) is 11.3 Å². The highest BCUT2D eigenvalue weighted by molar-refractivity contribution is 7.14. The van der Waals surface area contributed by atoms with Crippen molar-refractivity contribution >= 4 is 57.4 Å². The van der Waals surface area contributed by atoms with Crippen LogP contribution in [0.4, 0.5) is 5.13 Å². The van der Waals surface area contributed by atoms with Crippen LogP contribution >= 0.6 is 34.5 Å². The monoisotopic (exact) mass is 435 g/mol. The molecule has 1 saturated heterocycles. The Morgan fingerprint density at radius 2 is 1.86 bits per heavy atom. The van der Waals surface area contributed by atoms with Crippen LogP contribution in [-0.4, -0.2) is 34.2 Å². The Morgan fingerprint density at radius 1 is 1.18 bits per heavy atom. The fourth-order valence-electron chi connectivity index (χ4n) is 3.48. The highest BCUT2D eigenvalue weighted by Crippen LogP contribution is 2.35. The average molecular weight is 436 g/mol. The molecule has 3 amide bonds. The first-order valence-electron chi connectivity index (χ1n) is 8.65. The number of allylic oxidation sites excluding steroid dienone is 2. The van der Waals surface area contributed by atoms with Crippen molar-refractivity contribution in [1.29, 1.82) is 0 Å². The number of halogens is 2. The minimum absolute atomic E-state index is 0.276. The van der Waals surface area contributed by atoms with Gasteiger partial charge >= 0.3 is 0 Å². The average Bonchev–Trinajstić information content (AvgIpc) is 3.21. The van der Waals surface area contributed by atoms with Gasteiger partial charge in [0.05, 0.1) is 22.6 Å². The lowest BCUT2D eigenvalue weighted by molar-refractivity contribution is -0.142. The Hall–Kier alpha value is -2.22. The predicted octanol–water partition coefficient (Wildman–Crippen LogP) is 4.01. The number of carbonyl (C=O) groups is 3. The number of nitrogens with zero attached hydrogens (tertiary/aromatic N) is 2. The zero-order valence-corrected chi connectivity index (χ0v) is 16.9. The summed E-state index contributed by atoms with van der Waals surface area (Å²) in [6.07, 6.45) is 4.92. The summed E-state index contributed by atoms with van der Waals surface area (Å²) in [6.45, 7) is -0.304. The Kier molecular flexibility index (Phi) is 5.23. The summed E-state index contributed by atoms with van der Waals surface area (Å²) in [4.78, 5) is 42.7. The molecule has 2 unspecified atom stereocenters. The molecule has 4 rings (SSSR count). The standard InChI is InChI=1S/C19H15Cl2N3O3S/c20-10-5-6-13(14(21)7-10)15-9-28-19(22-15)23-16(25)8-24-17(26)11-3-1-2-4-12(11)18(24)27/h1-2,5-7,9,11-12H,3-4,8H2,(H,22,23,25). The first kappa shape index (κ1) is 19.1. The van der Waals surface area contributed by atoms with E-state index in [0.29, 0.717) is 39.3 Å². The Labute approximate surface area is 175 Å². The fourth-order valence-corrected chi connectivity index (χ4v) is 4.71. The third-order valence-corrected chi connectivity index (χ3v) is 6.16. The SMILES string of the molecule is O=C(CN1C(=O)C2CC=CCC2C1=O)Nc1nc(-c2ccc(Cl)cc2Cl)cs1. The molecule has 2 atom stereocenters. The molecule has 144 valence electrons. The molecule has 1 aliphatic heterocycles. The summed E-state index contributed by atoms with van der Waals surface area (Å²) in [6, 6.07) is 5.08. The van der Waals surface area contributed by atoms with E-state index < -0.39 is 5.91 Å². The minimum atomic E-state index is -0.462. The number of rotatable bonds is 4. The summed E-state index contributed by atoms with van der Waals surface area (Å²) in [5.41, 5.74) is 1.30. The Bertz CT molecular complexity index is 978. The number of hydrogen-bond acceptors (Lipinski definition) is 5. The maximum atomic E-state index is 12.4. The molecule has 2 aromatic rings. The second kappa shape index (κ2) is 7.66. The number of benzene rings is 1. The lowest BCUT2D eigenvalue weighted by Crippen LogP contribution is -2.38. The van der Waals surface area contributed by atoms with Crippen LogP contribution in [0.3, 0.4) is 0 Å². The van der Waals surface area contributed by atoms with Gasteiger partial charge in [-0.3, -0.25) is 19.3 Å². The fraction of sp³-hybridized carbons (Fsp3) is 0.263. The number of likely N-dealkylation sites (tertiary alicyclic amines) is 1. The molecule has 1 N–H and O–H groups in total. The third-order valence-electron chi connectivity index (χ3n) is 4.86. The van der Waals surface area contributed by atoms with E-state index in [9.17, 15) is 14.4 Å².